The van der Waals surface area contributed by atoms with Gasteiger partial charge in [-0.3, -0.25) is 4.68 Å². The maximum absolute atomic E-state index is 10.2. The van der Waals surface area contributed by atoms with Crippen molar-refractivity contribution in [1.82, 2.24) is 14.8 Å². The summed E-state index contributed by atoms with van der Waals surface area (Å²) in [7, 11) is 1.81. The molecule has 0 saturated carbocycles. The summed E-state index contributed by atoms with van der Waals surface area (Å²) < 4.78 is 3.51. The van der Waals surface area contributed by atoms with Crippen molar-refractivity contribution < 1.29 is 5.11 Å². The third-order valence-electron chi connectivity index (χ3n) is 2.50. The monoisotopic (exact) mass is 359 g/mol. The normalized spacial score (nSPS) is 12.7. The molecule has 0 spiro atoms. The van der Waals surface area contributed by atoms with Crippen molar-refractivity contribution in [3.05, 3.63) is 44.9 Å². The van der Waals surface area contributed by atoms with E-state index in [1.54, 1.807) is 4.68 Å². The van der Waals surface area contributed by atoms with Crippen LogP contribution in [0.5, 0.6) is 0 Å². The molecule has 4 nitrogen and oxygen atoms in total. The number of hydrogen-bond donors (Lipinski definition) is 1. The molecule has 0 aliphatic rings. The highest BCUT2D eigenvalue weighted by Gasteiger charge is 2.14. The van der Waals surface area contributed by atoms with Crippen LogP contribution in [0, 0.1) is 0 Å². The minimum atomic E-state index is -0.597. The highest BCUT2D eigenvalue weighted by atomic mass is 79.9. The molecule has 1 aromatic carbocycles. The van der Waals surface area contributed by atoms with Crippen LogP contribution in [0.2, 0.25) is 0 Å². The molecular formula is C11H11Br2N3O. The smallest absolute Gasteiger partial charge is 0.138 e. The van der Waals surface area contributed by atoms with E-state index in [0.717, 1.165) is 20.3 Å². The fraction of sp³-hybridized carbons (Fsp3) is 0.273. The van der Waals surface area contributed by atoms with Crippen molar-refractivity contribution >= 4 is 31.9 Å². The highest BCUT2D eigenvalue weighted by Crippen LogP contribution is 2.28. The molecule has 0 aliphatic carbocycles. The number of aliphatic hydroxyl groups excluding tert-OH is 1. The largest absolute Gasteiger partial charge is 0.388 e. The number of nitrogens with zero attached hydrogens (tertiary/aromatic N) is 3. The Hall–Kier alpha value is -0.720. The Balaban J connectivity index is 2.20. The van der Waals surface area contributed by atoms with Crippen LogP contribution in [0.15, 0.2) is 33.5 Å². The first-order valence-electron chi connectivity index (χ1n) is 5.04. The Bertz CT molecular complexity index is 527. The van der Waals surface area contributed by atoms with E-state index in [1.165, 1.54) is 6.33 Å². The predicted octanol–water partition coefficient (Wildman–Crippen LogP) is 2.62. The molecule has 17 heavy (non-hydrogen) atoms. The van der Waals surface area contributed by atoms with E-state index >= 15 is 0 Å². The van der Waals surface area contributed by atoms with Gasteiger partial charge in [0.2, 0.25) is 0 Å². The van der Waals surface area contributed by atoms with Gasteiger partial charge in [0.15, 0.2) is 0 Å². The van der Waals surface area contributed by atoms with Gasteiger partial charge in [-0.05, 0) is 17.7 Å². The van der Waals surface area contributed by atoms with Crippen molar-refractivity contribution in [2.24, 2.45) is 7.05 Å². The molecule has 0 aliphatic heterocycles. The number of halogens is 2. The van der Waals surface area contributed by atoms with Crippen molar-refractivity contribution in [3.8, 4) is 0 Å². The zero-order valence-corrected chi connectivity index (χ0v) is 12.3. The van der Waals surface area contributed by atoms with Crippen LogP contribution in [-0.2, 0) is 13.5 Å². The molecule has 0 bridgehead atoms. The number of aromatic nitrogens is 3. The van der Waals surface area contributed by atoms with Crippen LogP contribution in [0.25, 0.3) is 0 Å². The minimum Gasteiger partial charge on any atom is -0.388 e. The third kappa shape index (κ3) is 2.94. The van der Waals surface area contributed by atoms with Crippen molar-refractivity contribution in [2.75, 3.05) is 0 Å². The number of rotatable bonds is 3. The van der Waals surface area contributed by atoms with Gasteiger partial charge in [-0.15, -0.1) is 0 Å². The Labute approximate surface area is 116 Å². The maximum Gasteiger partial charge on any atom is 0.138 e. The number of benzene rings is 1. The fourth-order valence-corrected chi connectivity index (χ4v) is 2.87. The standard InChI is InChI=1S/C11H11Br2N3O/c1-16-11(14-6-15-16)5-10(17)8-3-2-7(12)4-9(8)13/h2-4,6,10,17H,5H2,1H3. The molecule has 2 rings (SSSR count). The molecule has 6 heteroatoms. The van der Waals surface area contributed by atoms with E-state index in [0.29, 0.717) is 6.42 Å². The van der Waals surface area contributed by atoms with E-state index in [4.69, 9.17) is 0 Å². The van der Waals surface area contributed by atoms with E-state index < -0.39 is 6.10 Å². The van der Waals surface area contributed by atoms with Gasteiger partial charge in [0.1, 0.15) is 12.2 Å². The molecule has 0 fully saturated rings. The van der Waals surface area contributed by atoms with Crippen LogP contribution in [-0.4, -0.2) is 19.9 Å². The van der Waals surface area contributed by atoms with Crippen LogP contribution in [0.3, 0.4) is 0 Å². The summed E-state index contributed by atoms with van der Waals surface area (Å²) in [5.41, 5.74) is 0.844. The molecule has 0 amide bonds. The summed E-state index contributed by atoms with van der Waals surface area (Å²) >= 11 is 6.82. The first-order chi connectivity index (χ1) is 8.08. The molecular weight excluding hydrogens is 350 g/mol. The second kappa shape index (κ2) is 5.29. The first kappa shape index (κ1) is 12.7. The molecule has 1 aromatic heterocycles. The van der Waals surface area contributed by atoms with Gasteiger partial charge in [0.25, 0.3) is 0 Å². The maximum atomic E-state index is 10.2. The SMILES string of the molecule is Cn1ncnc1CC(O)c1ccc(Br)cc1Br. The lowest BCUT2D eigenvalue weighted by atomic mass is 10.1. The molecule has 1 N–H and O–H groups in total. The second-order valence-electron chi connectivity index (χ2n) is 3.69. The third-order valence-corrected chi connectivity index (χ3v) is 3.68. The van der Waals surface area contributed by atoms with Gasteiger partial charge in [-0.25, -0.2) is 4.98 Å². The molecule has 1 atom stereocenters. The summed E-state index contributed by atoms with van der Waals surface area (Å²) in [6.07, 6.45) is 1.33. The van der Waals surface area contributed by atoms with Gasteiger partial charge in [0, 0.05) is 22.4 Å². The zero-order valence-electron chi connectivity index (χ0n) is 9.14. The topological polar surface area (TPSA) is 50.9 Å². The predicted molar refractivity (Wildman–Crippen MR) is 71.5 cm³/mol. The van der Waals surface area contributed by atoms with Crippen LogP contribution in [0.1, 0.15) is 17.5 Å². The van der Waals surface area contributed by atoms with Crippen molar-refractivity contribution in [1.29, 1.82) is 0 Å². The summed E-state index contributed by atoms with van der Waals surface area (Å²) in [4.78, 5) is 4.10. The first-order valence-corrected chi connectivity index (χ1v) is 6.62. The average Bonchev–Trinajstić information content (AvgIpc) is 2.64. The van der Waals surface area contributed by atoms with Gasteiger partial charge >= 0.3 is 0 Å². The van der Waals surface area contributed by atoms with Crippen molar-refractivity contribution in [2.45, 2.75) is 12.5 Å². The van der Waals surface area contributed by atoms with Crippen LogP contribution < -0.4 is 0 Å². The molecule has 0 radical (unpaired) electrons. The summed E-state index contributed by atoms with van der Waals surface area (Å²) in [5.74, 6) is 0.757. The van der Waals surface area contributed by atoms with Crippen molar-refractivity contribution in [3.63, 3.8) is 0 Å². The molecule has 1 unspecified atom stereocenters. The molecule has 0 saturated heterocycles. The zero-order chi connectivity index (χ0) is 12.4. The van der Waals surface area contributed by atoms with E-state index in [2.05, 4.69) is 41.9 Å². The lowest BCUT2D eigenvalue weighted by Crippen LogP contribution is -2.08. The van der Waals surface area contributed by atoms with E-state index in [9.17, 15) is 5.11 Å². The average molecular weight is 361 g/mol. The Morgan fingerprint density at radius 3 is 2.76 bits per heavy atom. The summed E-state index contributed by atoms with van der Waals surface area (Å²) in [5, 5.41) is 14.1. The lowest BCUT2D eigenvalue weighted by molar-refractivity contribution is 0.173. The van der Waals surface area contributed by atoms with E-state index in [1.807, 2.05) is 25.2 Å². The lowest BCUT2D eigenvalue weighted by Gasteiger charge is -2.12. The van der Waals surface area contributed by atoms with Crippen LogP contribution in [0.4, 0.5) is 0 Å². The Morgan fingerprint density at radius 1 is 1.41 bits per heavy atom. The van der Waals surface area contributed by atoms with Gasteiger partial charge < -0.3 is 5.11 Å². The Kier molecular flexibility index (Phi) is 3.96. The number of hydrogen-bond acceptors (Lipinski definition) is 3. The Morgan fingerprint density at radius 2 is 2.18 bits per heavy atom. The second-order valence-corrected chi connectivity index (χ2v) is 5.46. The summed E-state index contributed by atoms with van der Waals surface area (Å²) in [6, 6.07) is 5.70. The number of aryl methyl sites for hydroxylation is 1. The summed E-state index contributed by atoms with van der Waals surface area (Å²) in [6.45, 7) is 0. The molecule has 1 heterocycles. The minimum absolute atomic E-state index is 0.441. The van der Waals surface area contributed by atoms with Gasteiger partial charge in [0.05, 0.1) is 6.10 Å². The quantitative estimate of drug-likeness (QED) is 0.915. The van der Waals surface area contributed by atoms with Crippen LogP contribution >= 0.6 is 31.9 Å². The van der Waals surface area contributed by atoms with Gasteiger partial charge in [-0.1, -0.05) is 37.9 Å². The molecule has 2 aromatic rings. The van der Waals surface area contributed by atoms with Gasteiger partial charge in [-0.2, -0.15) is 5.10 Å². The molecule has 90 valence electrons. The number of aliphatic hydroxyl groups is 1. The van der Waals surface area contributed by atoms with E-state index in [-0.39, 0.29) is 0 Å². The highest BCUT2D eigenvalue weighted by molar-refractivity contribution is 9.11. The fourth-order valence-electron chi connectivity index (χ4n) is 1.56.